The van der Waals surface area contributed by atoms with Crippen LogP contribution in [0.2, 0.25) is 0 Å². The van der Waals surface area contributed by atoms with Crippen LogP contribution >= 0.6 is 0 Å². The van der Waals surface area contributed by atoms with Crippen LogP contribution in [0.5, 0.6) is 0 Å². The lowest BCUT2D eigenvalue weighted by Crippen LogP contribution is -2.37. The summed E-state index contributed by atoms with van der Waals surface area (Å²) in [5, 5.41) is 9.72. The Kier molecular flexibility index (Phi) is 13.9. The molecule has 1 saturated carbocycles. The molecule has 1 aliphatic rings. The van der Waals surface area contributed by atoms with E-state index in [2.05, 4.69) is 6.92 Å². The highest BCUT2D eigenvalue weighted by molar-refractivity contribution is 5.74. The Hall–Kier alpha value is -0.570. The van der Waals surface area contributed by atoms with Crippen molar-refractivity contribution < 1.29 is 9.90 Å². The average Bonchev–Trinajstić information content (AvgIpc) is 2.68. The Morgan fingerprint density at radius 1 is 0.815 bits per heavy atom. The Morgan fingerprint density at radius 3 is 1.59 bits per heavy atom. The Balaban J connectivity index is 1.95. The fourth-order valence-electron chi connectivity index (χ4n) is 4.69. The lowest BCUT2D eigenvalue weighted by Gasteiger charge is -2.36. The molecule has 1 fully saturated rings. The minimum Gasteiger partial charge on any atom is -0.481 e. The van der Waals surface area contributed by atoms with Crippen LogP contribution in [0.3, 0.4) is 0 Å². The van der Waals surface area contributed by atoms with Gasteiger partial charge in [0.15, 0.2) is 0 Å². The van der Waals surface area contributed by atoms with Crippen molar-refractivity contribution in [2.75, 3.05) is 6.54 Å². The van der Waals surface area contributed by atoms with Gasteiger partial charge in [-0.15, -0.1) is 0 Å². The summed E-state index contributed by atoms with van der Waals surface area (Å²) in [6.45, 7) is 2.99. The van der Waals surface area contributed by atoms with E-state index in [0.717, 1.165) is 38.5 Å². The first-order chi connectivity index (χ1) is 13.1. The molecule has 3 heteroatoms. The van der Waals surface area contributed by atoms with Crippen LogP contribution in [0.25, 0.3) is 0 Å². The maximum atomic E-state index is 11.8. The molecule has 0 unspecified atom stereocenters. The predicted octanol–water partition coefficient (Wildman–Crippen LogP) is 7.08. The van der Waals surface area contributed by atoms with Crippen LogP contribution in [0.15, 0.2) is 0 Å². The van der Waals surface area contributed by atoms with Gasteiger partial charge in [-0.3, -0.25) is 4.79 Å². The van der Waals surface area contributed by atoms with Gasteiger partial charge in [0.1, 0.15) is 0 Å². The fraction of sp³-hybridized carbons (Fsp3) is 0.958. The summed E-state index contributed by atoms with van der Waals surface area (Å²) in [6.07, 6.45) is 23.4. The van der Waals surface area contributed by atoms with Gasteiger partial charge < -0.3 is 10.8 Å². The third kappa shape index (κ3) is 10.5. The normalized spacial score (nSPS) is 22.8. The van der Waals surface area contributed by atoms with Crippen molar-refractivity contribution in [1.82, 2.24) is 0 Å². The van der Waals surface area contributed by atoms with Crippen molar-refractivity contribution in [3.63, 3.8) is 0 Å². The molecule has 0 saturated heterocycles. The second-order valence-electron chi connectivity index (χ2n) is 9.11. The molecule has 1 aliphatic carbocycles. The third-order valence-electron chi connectivity index (χ3n) is 6.86. The minimum atomic E-state index is -0.562. The molecule has 0 amide bonds. The van der Waals surface area contributed by atoms with Crippen LogP contribution in [0.4, 0.5) is 0 Å². The van der Waals surface area contributed by atoms with E-state index in [1.807, 2.05) is 0 Å². The van der Waals surface area contributed by atoms with Crippen molar-refractivity contribution in [1.29, 1.82) is 0 Å². The Bertz CT molecular complexity index is 361. The standard InChI is InChI=1S/C24H47NO2/c1-2-3-4-5-6-7-8-9-10-11-12-13-14-15-18-24(23(26)27)19-16-22(21-25)17-20-24/h22H,2-21,25H2,1H3,(H,26,27). The monoisotopic (exact) mass is 381 g/mol. The molecule has 27 heavy (non-hydrogen) atoms. The summed E-state index contributed by atoms with van der Waals surface area (Å²) in [5.41, 5.74) is 5.31. The molecule has 0 atom stereocenters. The zero-order chi connectivity index (χ0) is 19.8. The Morgan fingerprint density at radius 2 is 1.22 bits per heavy atom. The molecule has 0 aliphatic heterocycles. The number of carboxylic acid groups (broad SMARTS) is 1. The Labute approximate surface area is 168 Å². The first kappa shape index (κ1) is 24.5. The van der Waals surface area contributed by atoms with Crippen LogP contribution in [0.1, 0.15) is 129 Å². The second-order valence-corrected chi connectivity index (χ2v) is 9.11. The van der Waals surface area contributed by atoms with Crippen molar-refractivity contribution in [2.45, 2.75) is 129 Å². The van der Waals surface area contributed by atoms with Gasteiger partial charge in [-0.1, -0.05) is 96.8 Å². The van der Waals surface area contributed by atoms with Crippen molar-refractivity contribution in [3.05, 3.63) is 0 Å². The fourth-order valence-corrected chi connectivity index (χ4v) is 4.69. The van der Waals surface area contributed by atoms with Crippen molar-refractivity contribution in [2.24, 2.45) is 17.1 Å². The van der Waals surface area contributed by atoms with E-state index in [0.29, 0.717) is 12.5 Å². The predicted molar refractivity (Wildman–Crippen MR) is 116 cm³/mol. The SMILES string of the molecule is CCCCCCCCCCCCCCCCC1(C(=O)O)CCC(CN)CC1. The van der Waals surface area contributed by atoms with Gasteiger partial charge in [-0.25, -0.2) is 0 Å². The topological polar surface area (TPSA) is 63.3 Å². The van der Waals surface area contributed by atoms with Crippen LogP contribution in [-0.4, -0.2) is 17.6 Å². The van der Waals surface area contributed by atoms with E-state index in [1.54, 1.807) is 0 Å². The highest BCUT2D eigenvalue weighted by atomic mass is 16.4. The van der Waals surface area contributed by atoms with Gasteiger partial charge in [-0.05, 0) is 44.6 Å². The number of unbranched alkanes of at least 4 members (excludes halogenated alkanes) is 13. The lowest BCUT2D eigenvalue weighted by atomic mass is 9.68. The summed E-state index contributed by atoms with van der Waals surface area (Å²) in [7, 11) is 0. The zero-order valence-corrected chi connectivity index (χ0v) is 18.2. The van der Waals surface area contributed by atoms with E-state index < -0.39 is 11.4 Å². The number of carbonyl (C=O) groups is 1. The molecule has 160 valence electrons. The largest absolute Gasteiger partial charge is 0.481 e. The molecule has 0 aromatic heterocycles. The molecule has 0 spiro atoms. The zero-order valence-electron chi connectivity index (χ0n) is 18.2. The summed E-state index contributed by atoms with van der Waals surface area (Å²) in [5.74, 6) is -0.0125. The number of hydrogen-bond donors (Lipinski definition) is 2. The smallest absolute Gasteiger partial charge is 0.309 e. The number of hydrogen-bond acceptors (Lipinski definition) is 2. The van der Waals surface area contributed by atoms with E-state index in [1.165, 1.54) is 83.5 Å². The maximum Gasteiger partial charge on any atom is 0.309 e. The summed E-state index contributed by atoms with van der Waals surface area (Å²) >= 11 is 0. The molecule has 0 bridgehead atoms. The quantitative estimate of drug-likeness (QED) is 0.265. The molecule has 3 N–H and O–H groups in total. The van der Waals surface area contributed by atoms with E-state index in [9.17, 15) is 9.90 Å². The van der Waals surface area contributed by atoms with Gasteiger partial charge >= 0.3 is 5.97 Å². The number of nitrogens with two attached hydrogens (primary N) is 1. The van der Waals surface area contributed by atoms with Gasteiger partial charge in [0.05, 0.1) is 5.41 Å². The molecule has 3 nitrogen and oxygen atoms in total. The third-order valence-corrected chi connectivity index (χ3v) is 6.86. The molecule has 0 radical (unpaired) electrons. The molecular formula is C24H47NO2. The van der Waals surface area contributed by atoms with Crippen LogP contribution in [-0.2, 0) is 4.79 Å². The molecule has 1 rings (SSSR count). The van der Waals surface area contributed by atoms with Gasteiger partial charge in [0.25, 0.3) is 0 Å². The van der Waals surface area contributed by atoms with Crippen LogP contribution < -0.4 is 5.73 Å². The maximum absolute atomic E-state index is 11.8. The molecular weight excluding hydrogens is 334 g/mol. The van der Waals surface area contributed by atoms with Crippen LogP contribution in [0, 0.1) is 11.3 Å². The number of rotatable bonds is 17. The molecule has 0 aromatic carbocycles. The number of carboxylic acids is 1. The van der Waals surface area contributed by atoms with Crippen molar-refractivity contribution in [3.8, 4) is 0 Å². The molecule has 0 heterocycles. The van der Waals surface area contributed by atoms with E-state index >= 15 is 0 Å². The lowest BCUT2D eigenvalue weighted by molar-refractivity contribution is -0.152. The van der Waals surface area contributed by atoms with Gasteiger partial charge in [-0.2, -0.15) is 0 Å². The second kappa shape index (κ2) is 15.4. The first-order valence-electron chi connectivity index (χ1n) is 12.1. The van der Waals surface area contributed by atoms with Crippen molar-refractivity contribution >= 4 is 5.97 Å². The van der Waals surface area contributed by atoms with E-state index in [-0.39, 0.29) is 0 Å². The minimum absolute atomic E-state index is 0.442. The summed E-state index contributed by atoms with van der Waals surface area (Å²) in [6, 6.07) is 0. The van der Waals surface area contributed by atoms with Gasteiger partial charge in [0.2, 0.25) is 0 Å². The average molecular weight is 382 g/mol. The number of aliphatic carboxylic acids is 1. The van der Waals surface area contributed by atoms with Gasteiger partial charge in [0, 0.05) is 0 Å². The highest BCUT2D eigenvalue weighted by Gasteiger charge is 2.40. The highest BCUT2D eigenvalue weighted by Crippen LogP contribution is 2.42. The summed E-state index contributed by atoms with van der Waals surface area (Å²) < 4.78 is 0. The first-order valence-corrected chi connectivity index (χ1v) is 12.1. The summed E-state index contributed by atoms with van der Waals surface area (Å²) in [4.78, 5) is 11.8. The molecule has 0 aromatic rings. The van der Waals surface area contributed by atoms with E-state index in [4.69, 9.17) is 5.73 Å².